The van der Waals surface area contributed by atoms with Crippen molar-refractivity contribution in [2.45, 2.75) is 49.6 Å². The number of aromatic nitrogens is 3. The van der Waals surface area contributed by atoms with Crippen LogP contribution in [0.5, 0.6) is 0 Å². The van der Waals surface area contributed by atoms with Crippen molar-refractivity contribution in [2.75, 3.05) is 53.7 Å². The Morgan fingerprint density at radius 3 is 2.81 bits per heavy atom. The molecule has 1 aliphatic heterocycles. The molecule has 0 bridgehead atoms. The number of hydrogen-bond donors (Lipinski definition) is 2. The minimum absolute atomic E-state index is 0.0644. The Hall–Kier alpha value is -2.59. The monoisotopic (exact) mass is 648 g/mol. The number of amides is 1. The van der Waals surface area contributed by atoms with Gasteiger partial charge in [0.1, 0.15) is 43.6 Å². The summed E-state index contributed by atoms with van der Waals surface area (Å²) >= 11 is 0. The number of ether oxygens (including phenoxy) is 4. The van der Waals surface area contributed by atoms with E-state index in [1.807, 2.05) is 24.0 Å². The predicted octanol–water partition coefficient (Wildman–Crippen LogP) is 3.09. The van der Waals surface area contributed by atoms with Gasteiger partial charge in [-0.25, -0.2) is 15.0 Å². The Kier molecular flexibility index (Phi) is 12.9. The second-order valence-corrected chi connectivity index (χ2v) is 13.1. The van der Waals surface area contributed by atoms with E-state index in [2.05, 4.69) is 26.8 Å². The average molecular weight is 649 g/mol. The molecule has 1 saturated heterocycles. The first-order chi connectivity index (χ1) is 20.4. The highest BCUT2D eigenvalue weighted by molar-refractivity contribution is 8.77. The minimum atomic E-state index is -4.92. The molecule has 0 aliphatic carbocycles. The SMILES string of the molecule is COCO[C@@H]1C[C@H](n2cc(C#CCOCSSC(C)(C)CNC(=O)C(F)(F)F)c3c(/N=C/N(C)C)ncnc32)O[C@@H]1CO. The smallest absolute Gasteiger partial charge is 0.394 e. The lowest BCUT2D eigenvalue weighted by Crippen LogP contribution is -2.42. The fraction of sp³-hybridized carbons (Fsp3) is 0.615. The molecule has 0 spiro atoms. The molecule has 0 saturated carbocycles. The first-order valence-electron chi connectivity index (χ1n) is 13.0. The van der Waals surface area contributed by atoms with E-state index < -0.39 is 29.2 Å². The highest BCUT2D eigenvalue weighted by Gasteiger charge is 2.39. The number of aliphatic imine (C=N–C) groups is 1. The number of alkyl halides is 3. The molecule has 43 heavy (non-hydrogen) atoms. The van der Waals surface area contributed by atoms with Crippen LogP contribution in [0.2, 0.25) is 0 Å². The number of methoxy groups -OCH3 is 1. The third-order valence-corrected chi connectivity index (χ3v) is 8.79. The maximum atomic E-state index is 12.4. The molecule has 1 aliphatic rings. The summed E-state index contributed by atoms with van der Waals surface area (Å²) in [6.45, 7) is 3.20. The molecule has 2 N–H and O–H groups in total. The number of rotatable bonds is 14. The molecule has 1 amide bonds. The fourth-order valence-corrected chi connectivity index (χ4v) is 6.01. The zero-order chi connectivity index (χ0) is 31.6. The van der Waals surface area contributed by atoms with E-state index in [4.69, 9.17) is 18.9 Å². The molecule has 17 heteroatoms. The van der Waals surface area contributed by atoms with E-state index in [1.54, 1.807) is 31.3 Å². The zero-order valence-corrected chi connectivity index (χ0v) is 26.0. The van der Waals surface area contributed by atoms with Crippen LogP contribution in [0.3, 0.4) is 0 Å². The van der Waals surface area contributed by atoms with Gasteiger partial charge < -0.3 is 38.8 Å². The van der Waals surface area contributed by atoms with Crippen LogP contribution in [0.4, 0.5) is 19.0 Å². The van der Waals surface area contributed by atoms with Gasteiger partial charge in [0.05, 0.1) is 30.0 Å². The van der Waals surface area contributed by atoms with E-state index in [9.17, 15) is 23.1 Å². The van der Waals surface area contributed by atoms with Crippen molar-refractivity contribution >= 4 is 50.7 Å². The Morgan fingerprint density at radius 2 is 2.14 bits per heavy atom. The molecule has 3 heterocycles. The molecule has 3 atom stereocenters. The molecule has 238 valence electrons. The van der Waals surface area contributed by atoms with Crippen LogP contribution in [-0.4, -0.2) is 114 Å². The lowest BCUT2D eigenvalue weighted by Gasteiger charge is -2.23. The molecule has 2 aromatic heterocycles. The summed E-state index contributed by atoms with van der Waals surface area (Å²) in [5.41, 5.74) is 1.14. The van der Waals surface area contributed by atoms with E-state index in [0.29, 0.717) is 28.8 Å². The van der Waals surface area contributed by atoms with E-state index >= 15 is 0 Å². The van der Waals surface area contributed by atoms with Crippen molar-refractivity contribution in [3.63, 3.8) is 0 Å². The van der Waals surface area contributed by atoms with Crippen LogP contribution in [0, 0.1) is 11.8 Å². The summed E-state index contributed by atoms with van der Waals surface area (Å²) in [7, 11) is 7.78. The third-order valence-electron chi connectivity index (χ3n) is 5.82. The molecule has 3 rings (SSSR count). The van der Waals surface area contributed by atoms with Crippen LogP contribution in [0.15, 0.2) is 17.5 Å². The van der Waals surface area contributed by atoms with Gasteiger partial charge in [-0.3, -0.25) is 4.79 Å². The number of carbonyl (C=O) groups excluding carboxylic acids is 1. The van der Waals surface area contributed by atoms with Crippen molar-refractivity contribution < 1.29 is 42.0 Å². The highest BCUT2D eigenvalue weighted by atomic mass is 33.1. The largest absolute Gasteiger partial charge is 0.471 e. The van der Waals surface area contributed by atoms with Gasteiger partial charge in [0.25, 0.3) is 0 Å². The number of nitrogens with zero attached hydrogens (tertiary/aromatic N) is 5. The van der Waals surface area contributed by atoms with Crippen LogP contribution in [0.1, 0.15) is 32.1 Å². The summed E-state index contributed by atoms with van der Waals surface area (Å²) in [4.78, 5) is 26.1. The molecule has 0 aromatic carbocycles. The van der Waals surface area contributed by atoms with Crippen molar-refractivity contribution in [1.29, 1.82) is 0 Å². The second-order valence-electron chi connectivity index (χ2n) is 10.1. The third kappa shape index (κ3) is 10.2. The number of carbonyl (C=O) groups is 1. The number of aliphatic hydroxyl groups is 1. The quantitative estimate of drug-likeness (QED) is 0.0782. The number of fused-ring (bicyclic) bond motifs is 1. The van der Waals surface area contributed by atoms with E-state index in [1.165, 1.54) is 35.0 Å². The Morgan fingerprint density at radius 1 is 1.37 bits per heavy atom. The van der Waals surface area contributed by atoms with Crippen molar-refractivity contribution in [3.05, 3.63) is 18.1 Å². The van der Waals surface area contributed by atoms with Gasteiger partial charge >= 0.3 is 12.1 Å². The number of nitrogens with one attached hydrogen (secondary N) is 1. The van der Waals surface area contributed by atoms with Gasteiger partial charge in [0.2, 0.25) is 0 Å². The summed E-state index contributed by atoms with van der Waals surface area (Å²) < 4.78 is 60.8. The Bertz CT molecular complexity index is 1310. The van der Waals surface area contributed by atoms with E-state index in [-0.39, 0.29) is 38.6 Å². The molecule has 0 radical (unpaired) electrons. The molecule has 12 nitrogen and oxygen atoms in total. The average Bonchev–Trinajstić information content (AvgIpc) is 3.54. The van der Waals surface area contributed by atoms with Crippen LogP contribution in [0.25, 0.3) is 11.0 Å². The second kappa shape index (κ2) is 15.9. The maximum absolute atomic E-state index is 12.4. The van der Waals surface area contributed by atoms with Gasteiger partial charge in [0.15, 0.2) is 5.82 Å². The lowest BCUT2D eigenvalue weighted by atomic mass is 10.2. The highest BCUT2D eigenvalue weighted by Crippen LogP contribution is 2.37. The molecule has 1 fully saturated rings. The van der Waals surface area contributed by atoms with Gasteiger partial charge in [-0.1, -0.05) is 33.4 Å². The van der Waals surface area contributed by atoms with E-state index in [0.717, 1.165) is 0 Å². The topological polar surface area (TPSA) is 133 Å². The van der Waals surface area contributed by atoms with Gasteiger partial charge in [0, 0.05) is 45.1 Å². The Balaban J connectivity index is 1.69. The standard InChI is InChI=1S/C26H35F3N6O6S2/c1-25(2,12-30-24(37)26(27,28)29)43-42-16-39-8-6-7-17-10-35(20-9-18(40-15-38-5)19(11-36)41-20)23-21(17)22(31-13-32-23)33-14-34(3)4/h10,13-14,18-20,36H,8-9,11-12,15-16H2,1-5H3,(H,30,37)/b33-14+/t18-,19-,20-/m1/s1. The number of halogens is 3. The van der Waals surface area contributed by atoms with Crippen LogP contribution >= 0.6 is 21.6 Å². The molecule has 2 aromatic rings. The first-order valence-corrected chi connectivity index (χ1v) is 15.3. The van der Waals surface area contributed by atoms with Gasteiger partial charge in [-0.05, 0) is 13.8 Å². The fourth-order valence-electron chi connectivity index (χ4n) is 3.88. The lowest BCUT2D eigenvalue weighted by molar-refractivity contribution is -0.173. The van der Waals surface area contributed by atoms with Gasteiger partial charge in [-0.15, -0.1) is 0 Å². The zero-order valence-electron chi connectivity index (χ0n) is 24.4. The summed E-state index contributed by atoms with van der Waals surface area (Å²) in [6, 6.07) is 0. The number of aliphatic hydroxyl groups excluding tert-OH is 1. The van der Waals surface area contributed by atoms with Crippen molar-refractivity contribution in [1.82, 2.24) is 24.8 Å². The maximum Gasteiger partial charge on any atom is 0.471 e. The van der Waals surface area contributed by atoms with Gasteiger partial charge in [-0.2, -0.15) is 13.2 Å². The van der Waals surface area contributed by atoms with Crippen molar-refractivity contribution in [2.24, 2.45) is 4.99 Å². The minimum Gasteiger partial charge on any atom is -0.394 e. The van der Waals surface area contributed by atoms with Crippen molar-refractivity contribution in [3.8, 4) is 11.8 Å². The summed E-state index contributed by atoms with van der Waals surface area (Å²) in [5.74, 6) is 4.74. The summed E-state index contributed by atoms with van der Waals surface area (Å²) in [6.07, 6.45) is -1.08. The Labute approximate surface area is 255 Å². The van der Waals surface area contributed by atoms with Crippen LogP contribution < -0.4 is 5.32 Å². The normalized spacial score (nSPS) is 19.1. The predicted molar refractivity (Wildman–Crippen MR) is 158 cm³/mol. The molecule has 0 unspecified atom stereocenters. The summed E-state index contributed by atoms with van der Waals surface area (Å²) in [5, 5.41) is 12.3. The number of hydrogen-bond acceptors (Lipinski definition) is 11. The van der Waals surface area contributed by atoms with Crippen LogP contribution in [-0.2, 0) is 23.7 Å². The molecular formula is C26H35F3N6O6S2. The first kappa shape index (κ1) is 34.9. The molecular weight excluding hydrogens is 613 g/mol.